The molecule has 0 atom stereocenters. The Hall–Kier alpha value is -3.46. The monoisotopic (exact) mass is 414 g/mol. The Bertz CT molecular complexity index is 962. The second kappa shape index (κ2) is 8.70. The average molecular weight is 414 g/mol. The van der Waals surface area contributed by atoms with Gasteiger partial charge in [0.2, 0.25) is 0 Å². The first kappa shape index (κ1) is 20.3. The molecule has 3 rings (SSSR count). The van der Waals surface area contributed by atoms with Crippen molar-refractivity contribution >= 4 is 29.0 Å². The number of rotatable bonds is 6. The van der Waals surface area contributed by atoms with Crippen LogP contribution in [-0.4, -0.2) is 36.0 Å². The summed E-state index contributed by atoms with van der Waals surface area (Å²) in [7, 11) is 2.49. The molecule has 0 N–H and O–H groups in total. The van der Waals surface area contributed by atoms with Crippen molar-refractivity contribution in [2.45, 2.75) is 12.5 Å². The van der Waals surface area contributed by atoms with E-state index in [4.69, 9.17) is 9.47 Å². The number of esters is 2. The highest BCUT2D eigenvalue weighted by molar-refractivity contribution is 7.09. The van der Waals surface area contributed by atoms with Crippen molar-refractivity contribution in [1.29, 1.82) is 0 Å². The zero-order valence-corrected chi connectivity index (χ0v) is 16.5. The molecule has 1 aromatic heterocycles. The van der Waals surface area contributed by atoms with Crippen LogP contribution in [0.2, 0.25) is 0 Å². The summed E-state index contributed by atoms with van der Waals surface area (Å²) in [4.78, 5) is 38.5. The van der Waals surface area contributed by atoms with Gasteiger partial charge < -0.3 is 14.4 Å². The van der Waals surface area contributed by atoms with Gasteiger partial charge >= 0.3 is 11.9 Å². The predicted octanol–water partition coefficient (Wildman–Crippen LogP) is 3.37. The molecule has 1 aliphatic heterocycles. The predicted molar refractivity (Wildman–Crippen MR) is 106 cm³/mol. The van der Waals surface area contributed by atoms with Gasteiger partial charge in [-0.25, -0.2) is 9.59 Å². The fraction of sp³-hybridized carbons (Fsp3) is 0.200. The second-order valence-corrected chi connectivity index (χ2v) is 7.22. The molecule has 1 aromatic carbocycles. The van der Waals surface area contributed by atoms with E-state index >= 15 is 0 Å². The van der Waals surface area contributed by atoms with Crippen LogP contribution < -0.4 is 0 Å². The summed E-state index contributed by atoms with van der Waals surface area (Å²) in [6.07, 6.45) is 3.20. The van der Waals surface area contributed by atoms with Gasteiger partial charge in [0.15, 0.2) is 0 Å². The lowest BCUT2D eigenvalue weighted by Crippen LogP contribution is -2.28. The van der Waals surface area contributed by atoms with E-state index in [-0.39, 0.29) is 16.8 Å². The van der Waals surface area contributed by atoms with E-state index in [0.29, 0.717) is 12.1 Å². The third kappa shape index (κ3) is 4.35. The molecule has 0 radical (unpaired) electrons. The van der Waals surface area contributed by atoms with Crippen LogP contribution in [0.5, 0.6) is 0 Å². The molecule has 0 unspecified atom stereocenters. The lowest BCUT2D eigenvalue weighted by atomic mass is 9.83. The zero-order chi connectivity index (χ0) is 21.0. The molecule has 8 nitrogen and oxygen atoms in total. The lowest BCUT2D eigenvalue weighted by molar-refractivity contribution is -0.384. The number of thiophene rings is 1. The summed E-state index contributed by atoms with van der Waals surface area (Å²) < 4.78 is 9.84. The zero-order valence-electron chi connectivity index (χ0n) is 15.7. The van der Waals surface area contributed by atoms with Gasteiger partial charge in [-0.05, 0) is 17.0 Å². The quantitative estimate of drug-likeness (QED) is 0.406. The number of ether oxygens (including phenoxy) is 2. The molecule has 29 heavy (non-hydrogen) atoms. The van der Waals surface area contributed by atoms with Crippen LogP contribution in [0.25, 0.3) is 0 Å². The third-order valence-electron chi connectivity index (χ3n) is 4.41. The number of hydrogen-bond donors (Lipinski definition) is 0. The Labute approximate surface area is 170 Å². The van der Waals surface area contributed by atoms with Crippen LogP contribution in [0.4, 0.5) is 5.69 Å². The number of nitro groups is 1. The number of methoxy groups -OCH3 is 2. The first-order chi connectivity index (χ1) is 13.9. The highest BCUT2D eigenvalue weighted by Crippen LogP contribution is 2.38. The first-order valence-electron chi connectivity index (χ1n) is 8.57. The SMILES string of the molecule is COC(=O)C1=CN(Cc2cccs2)C=C(C(=O)OC)C1c1cccc([N+](=O)[O-])c1. The summed E-state index contributed by atoms with van der Waals surface area (Å²) in [5.74, 6) is -2.12. The Morgan fingerprint density at radius 1 is 1.10 bits per heavy atom. The standard InChI is InChI=1S/C20H18N2O6S/c1-27-19(23)16-11-21(10-15-7-4-8-29-15)12-17(20(24)28-2)18(16)13-5-3-6-14(9-13)22(25)26/h3-9,11-12,18H,10H2,1-2H3. The highest BCUT2D eigenvalue weighted by atomic mass is 32.1. The van der Waals surface area contributed by atoms with E-state index in [1.807, 2.05) is 17.5 Å². The molecular weight excluding hydrogens is 396 g/mol. The summed E-state index contributed by atoms with van der Waals surface area (Å²) in [6.45, 7) is 0.445. The largest absolute Gasteiger partial charge is 0.466 e. The normalized spacial score (nSPS) is 14.1. The molecule has 0 saturated heterocycles. The number of carbonyl (C=O) groups excluding carboxylic acids is 2. The molecule has 0 aliphatic carbocycles. The fourth-order valence-electron chi connectivity index (χ4n) is 3.14. The van der Waals surface area contributed by atoms with Crippen molar-refractivity contribution in [2.75, 3.05) is 14.2 Å². The number of non-ortho nitro benzene ring substituents is 1. The van der Waals surface area contributed by atoms with E-state index in [2.05, 4.69) is 0 Å². The third-order valence-corrected chi connectivity index (χ3v) is 5.27. The Kier molecular flexibility index (Phi) is 6.08. The van der Waals surface area contributed by atoms with Gasteiger partial charge in [0.25, 0.3) is 5.69 Å². The van der Waals surface area contributed by atoms with E-state index in [1.165, 1.54) is 32.4 Å². The lowest BCUT2D eigenvalue weighted by Gasteiger charge is -2.29. The average Bonchev–Trinajstić information content (AvgIpc) is 3.25. The molecule has 9 heteroatoms. The van der Waals surface area contributed by atoms with Crippen LogP contribution in [0, 0.1) is 10.1 Å². The van der Waals surface area contributed by atoms with E-state index in [1.54, 1.807) is 34.7 Å². The first-order valence-corrected chi connectivity index (χ1v) is 9.45. The highest BCUT2D eigenvalue weighted by Gasteiger charge is 2.35. The maximum atomic E-state index is 12.5. The number of nitrogens with zero attached hydrogens (tertiary/aromatic N) is 2. The van der Waals surface area contributed by atoms with Gasteiger partial charge in [-0.15, -0.1) is 11.3 Å². The number of hydrogen-bond acceptors (Lipinski definition) is 8. The van der Waals surface area contributed by atoms with Crippen molar-refractivity contribution in [1.82, 2.24) is 4.90 Å². The van der Waals surface area contributed by atoms with Crippen LogP contribution in [0.15, 0.2) is 65.3 Å². The fourth-order valence-corrected chi connectivity index (χ4v) is 3.85. The van der Waals surface area contributed by atoms with Crippen LogP contribution in [-0.2, 0) is 25.6 Å². The van der Waals surface area contributed by atoms with Crippen LogP contribution in [0.3, 0.4) is 0 Å². The van der Waals surface area contributed by atoms with Crippen LogP contribution in [0.1, 0.15) is 16.4 Å². The molecule has 0 fully saturated rings. The minimum Gasteiger partial charge on any atom is -0.466 e. The van der Waals surface area contributed by atoms with Gasteiger partial charge in [-0.3, -0.25) is 10.1 Å². The van der Waals surface area contributed by atoms with Gasteiger partial charge in [0.05, 0.1) is 42.8 Å². The number of benzene rings is 1. The van der Waals surface area contributed by atoms with Crippen molar-refractivity contribution in [3.8, 4) is 0 Å². The molecular formula is C20H18N2O6S. The van der Waals surface area contributed by atoms with Gasteiger partial charge in [-0.1, -0.05) is 18.2 Å². The minimum atomic E-state index is -0.852. The van der Waals surface area contributed by atoms with Gasteiger partial charge in [-0.2, -0.15) is 0 Å². The Morgan fingerprint density at radius 2 is 1.76 bits per heavy atom. The maximum Gasteiger partial charge on any atom is 0.336 e. The second-order valence-electron chi connectivity index (χ2n) is 6.19. The molecule has 0 spiro atoms. The van der Waals surface area contributed by atoms with Crippen molar-refractivity contribution in [2.24, 2.45) is 0 Å². The smallest absolute Gasteiger partial charge is 0.336 e. The molecule has 0 saturated carbocycles. The molecule has 1 aliphatic rings. The van der Waals surface area contributed by atoms with Crippen LogP contribution >= 0.6 is 11.3 Å². The van der Waals surface area contributed by atoms with Crippen molar-refractivity contribution < 1.29 is 24.0 Å². The summed E-state index contributed by atoms with van der Waals surface area (Å²) >= 11 is 1.54. The van der Waals surface area contributed by atoms with Gasteiger partial charge in [0.1, 0.15) is 0 Å². The van der Waals surface area contributed by atoms with Crippen molar-refractivity contribution in [3.05, 3.63) is 85.9 Å². The van der Waals surface area contributed by atoms with E-state index < -0.39 is 22.8 Å². The summed E-state index contributed by atoms with van der Waals surface area (Å²) in [5.41, 5.74) is 0.653. The molecule has 2 heterocycles. The van der Waals surface area contributed by atoms with E-state index in [9.17, 15) is 19.7 Å². The van der Waals surface area contributed by atoms with Gasteiger partial charge in [0, 0.05) is 29.4 Å². The molecule has 0 bridgehead atoms. The summed E-state index contributed by atoms with van der Waals surface area (Å²) in [6, 6.07) is 9.67. The molecule has 0 amide bonds. The van der Waals surface area contributed by atoms with E-state index in [0.717, 1.165) is 4.88 Å². The molecule has 2 aromatic rings. The number of carbonyl (C=O) groups is 2. The minimum absolute atomic E-state index is 0.142. The Balaban J connectivity index is 2.11. The topological polar surface area (TPSA) is 99.0 Å². The summed E-state index contributed by atoms with van der Waals surface area (Å²) in [5, 5.41) is 13.1. The Morgan fingerprint density at radius 3 is 2.28 bits per heavy atom. The number of nitro benzene ring substituents is 1. The maximum absolute atomic E-state index is 12.5. The molecule has 150 valence electrons. The van der Waals surface area contributed by atoms with Crippen molar-refractivity contribution in [3.63, 3.8) is 0 Å².